The lowest BCUT2D eigenvalue weighted by atomic mass is 9.98. The fourth-order valence-electron chi connectivity index (χ4n) is 3.35. The summed E-state index contributed by atoms with van der Waals surface area (Å²) in [5, 5.41) is 3.79. The van der Waals surface area contributed by atoms with E-state index in [0.29, 0.717) is 0 Å². The highest BCUT2D eigenvalue weighted by atomic mass is 32.2. The Hall–Kier alpha value is -3.05. The molecular formula is C24H23N3OS. The minimum atomic E-state index is -0.277. The van der Waals surface area contributed by atoms with E-state index in [1.54, 1.807) is 0 Å². The maximum atomic E-state index is 13.1. The van der Waals surface area contributed by atoms with Gasteiger partial charge in [-0.15, -0.1) is 0 Å². The van der Waals surface area contributed by atoms with Crippen LogP contribution < -0.4 is 5.32 Å². The van der Waals surface area contributed by atoms with Crippen LogP contribution in [0.3, 0.4) is 0 Å². The van der Waals surface area contributed by atoms with Gasteiger partial charge in [-0.2, -0.15) is 0 Å². The van der Waals surface area contributed by atoms with E-state index >= 15 is 0 Å². The first-order valence-corrected chi connectivity index (χ1v) is 10.5. The third-order valence-electron chi connectivity index (χ3n) is 4.95. The van der Waals surface area contributed by atoms with Crippen molar-refractivity contribution in [1.29, 1.82) is 0 Å². The first kappa shape index (κ1) is 19.3. The van der Waals surface area contributed by atoms with Gasteiger partial charge < -0.3 is 9.88 Å². The molecule has 5 heteroatoms. The van der Waals surface area contributed by atoms with Gasteiger partial charge in [-0.25, -0.2) is 4.98 Å². The average Bonchev–Trinajstić information content (AvgIpc) is 3.08. The fraction of sp³-hybridized carbons (Fsp3) is 0.167. The van der Waals surface area contributed by atoms with Gasteiger partial charge in [-0.05, 0) is 30.2 Å². The van der Waals surface area contributed by atoms with Gasteiger partial charge in [-0.1, -0.05) is 84.6 Å². The molecule has 1 heterocycles. The highest BCUT2D eigenvalue weighted by Crippen LogP contribution is 2.28. The van der Waals surface area contributed by atoms with E-state index in [1.807, 2.05) is 103 Å². The number of imidazole rings is 1. The van der Waals surface area contributed by atoms with Crippen LogP contribution in [0.5, 0.6) is 0 Å². The van der Waals surface area contributed by atoms with E-state index < -0.39 is 0 Å². The molecule has 1 amide bonds. The zero-order chi connectivity index (χ0) is 20.2. The Labute approximate surface area is 175 Å². The van der Waals surface area contributed by atoms with Gasteiger partial charge in [-0.3, -0.25) is 4.79 Å². The molecule has 3 aromatic carbocycles. The Balaban J connectivity index is 1.54. The number of fused-ring (bicyclic) bond motifs is 1. The summed E-state index contributed by atoms with van der Waals surface area (Å²) in [4.78, 5) is 17.7. The number of aromatic nitrogens is 2. The number of hydrogen-bond donors (Lipinski definition) is 1. The molecule has 4 rings (SSSR count). The van der Waals surface area contributed by atoms with E-state index in [9.17, 15) is 4.79 Å². The quantitative estimate of drug-likeness (QED) is 0.465. The lowest BCUT2D eigenvalue weighted by Gasteiger charge is -2.22. The van der Waals surface area contributed by atoms with Crippen molar-refractivity contribution in [3.63, 3.8) is 0 Å². The SMILES string of the molecule is C[C@H](Sc1nc2ccccc2n1C)C(=O)NC(c1ccccc1)c1ccccc1. The van der Waals surface area contributed by atoms with E-state index in [1.165, 1.54) is 11.8 Å². The van der Waals surface area contributed by atoms with Crippen LogP contribution in [0.4, 0.5) is 0 Å². The summed E-state index contributed by atoms with van der Waals surface area (Å²) in [5.41, 5.74) is 4.13. The maximum absolute atomic E-state index is 13.1. The highest BCUT2D eigenvalue weighted by molar-refractivity contribution is 8.00. The predicted molar refractivity (Wildman–Crippen MR) is 119 cm³/mol. The lowest BCUT2D eigenvalue weighted by molar-refractivity contribution is -0.120. The summed E-state index contributed by atoms with van der Waals surface area (Å²) < 4.78 is 2.04. The zero-order valence-electron chi connectivity index (χ0n) is 16.4. The van der Waals surface area contributed by atoms with Crippen LogP contribution in [0.1, 0.15) is 24.1 Å². The van der Waals surface area contributed by atoms with Crippen molar-refractivity contribution in [3.8, 4) is 0 Å². The lowest BCUT2D eigenvalue weighted by Crippen LogP contribution is -2.35. The van der Waals surface area contributed by atoms with Gasteiger partial charge in [0.15, 0.2) is 5.16 Å². The third kappa shape index (κ3) is 4.20. The Kier molecular flexibility index (Phi) is 5.67. The van der Waals surface area contributed by atoms with E-state index in [4.69, 9.17) is 0 Å². The highest BCUT2D eigenvalue weighted by Gasteiger charge is 2.23. The van der Waals surface area contributed by atoms with Crippen molar-refractivity contribution in [1.82, 2.24) is 14.9 Å². The van der Waals surface area contributed by atoms with Gasteiger partial charge in [0.1, 0.15) is 0 Å². The number of aryl methyl sites for hydroxylation is 1. The summed E-state index contributed by atoms with van der Waals surface area (Å²) in [7, 11) is 1.99. The average molecular weight is 402 g/mol. The molecule has 4 nitrogen and oxygen atoms in total. The Morgan fingerprint density at radius 1 is 0.897 bits per heavy atom. The number of rotatable bonds is 6. The van der Waals surface area contributed by atoms with Crippen molar-refractivity contribution in [3.05, 3.63) is 96.1 Å². The summed E-state index contributed by atoms with van der Waals surface area (Å²) in [6, 6.07) is 27.9. The van der Waals surface area contributed by atoms with Gasteiger partial charge in [0.05, 0.1) is 22.3 Å². The molecule has 0 bridgehead atoms. The molecule has 0 saturated heterocycles. The number of hydrogen-bond acceptors (Lipinski definition) is 3. The molecule has 0 fully saturated rings. The standard InChI is InChI=1S/C24H23N3OS/c1-17(29-24-25-20-15-9-10-16-21(20)27(24)2)23(28)26-22(18-11-5-3-6-12-18)19-13-7-4-8-14-19/h3-17,22H,1-2H3,(H,26,28)/t17-/m0/s1. The van der Waals surface area contributed by atoms with Crippen LogP contribution >= 0.6 is 11.8 Å². The minimum Gasteiger partial charge on any atom is -0.344 e. The van der Waals surface area contributed by atoms with Crippen molar-refractivity contribution in [2.45, 2.75) is 23.4 Å². The van der Waals surface area contributed by atoms with Gasteiger partial charge in [0.2, 0.25) is 5.91 Å². The third-order valence-corrected chi connectivity index (χ3v) is 6.09. The summed E-state index contributed by atoms with van der Waals surface area (Å²) >= 11 is 1.48. The molecule has 0 unspecified atom stereocenters. The number of carbonyl (C=O) groups is 1. The van der Waals surface area contributed by atoms with Crippen LogP contribution in [-0.2, 0) is 11.8 Å². The maximum Gasteiger partial charge on any atom is 0.234 e. The molecule has 1 aromatic heterocycles. The molecule has 0 radical (unpaired) electrons. The van der Waals surface area contributed by atoms with E-state index in [0.717, 1.165) is 27.3 Å². The molecule has 0 aliphatic heterocycles. The zero-order valence-corrected chi connectivity index (χ0v) is 17.3. The summed E-state index contributed by atoms with van der Waals surface area (Å²) in [6.45, 7) is 1.92. The second kappa shape index (κ2) is 8.53. The molecule has 0 spiro atoms. The number of nitrogens with zero attached hydrogens (tertiary/aromatic N) is 2. The van der Waals surface area contributed by atoms with Crippen LogP contribution in [0.25, 0.3) is 11.0 Å². The smallest absolute Gasteiger partial charge is 0.234 e. The first-order valence-electron chi connectivity index (χ1n) is 9.62. The number of nitrogens with one attached hydrogen (secondary N) is 1. The van der Waals surface area contributed by atoms with Crippen molar-refractivity contribution >= 4 is 28.7 Å². The van der Waals surface area contributed by atoms with Gasteiger partial charge in [0.25, 0.3) is 0 Å². The summed E-state index contributed by atoms with van der Waals surface area (Å²) in [5.74, 6) is -0.0141. The number of thioether (sulfide) groups is 1. The Bertz CT molecular complexity index is 1070. The molecule has 1 N–H and O–H groups in total. The number of amides is 1. The molecule has 146 valence electrons. The monoisotopic (exact) mass is 401 g/mol. The largest absolute Gasteiger partial charge is 0.344 e. The first-order chi connectivity index (χ1) is 14.1. The molecule has 1 atom stereocenters. The van der Waals surface area contributed by atoms with Crippen LogP contribution in [0, 0.1) is 0 Å². The van der Waals surface area contributed by atoms with Crippen LogP contribution in [0.15, 0.2) is 90.1 Å². The normalized spacial score (nSPS) is 12.2. The second-order valence-corrected chi connectivity index (χ2v) is 8.27. The predicted octanol–water partition coefficient (Wildman–Crippen LogP) is 4.96. The number of benzene rings is 3. The van der Waals surface area contributed by atoms with Gasteiger partial charge in [0, 0.05) is 7.05 Å². The van der Waals surface area contributed by atoms with Gasteiger partial charge >= 0.3 is 0 Å². The molecular weight excluding hydrogens is 378 g/mol. The topological polar surface area (TPSA) is 46.9 Å². The molecule has 0 saturated carbocycles. The molecule has 4 aromatic rings. The molecule has 29 heavy (non-hydrogen) atoms. The summed E-state index contributed by atoms with van der Waals surface area (Å²) in [6.07, 6.45) is 0. The molecule has 0 aliphatic rings. The number of para-hydroxylation sites is 2. The van der Waals surface area contributed by atoms with Crippen LogP contribution in [0.2, 0.25) is 0 Å². The number of carbonyl (C=O) groups excluding carboxylic acids is 1. The van der Waals surface area contributed by atoms with E-state index in [2.05, 4.69) is 10.3 Å². The Morgan fingerprint density at radius 2 is 1.45 bits per heavy atom. The second-order valence-electron chi connectivity index (χ2n) is 6.97. The Morgan fingerprint density at radius 3 is 2.03 bits per heavy atom. The van der Waals surface area contributed by atoms with E-state index in [-0.39, 0.29) is 17.2 Å². The molecule has 0 aliphatic carbocycles. The minimum absolute atomic E-state index is 0.0141. The van der Waals surface area contributed by atoms with Crippen molar-refractivity contribution in [2.24, 2.45) is 7.05 Å². The fourth-order valence-corrected chi connectivity index (χ4v) is 4.25. The van der Waals surface area contributed by atoms with Crippen molar-refractivity contribution in [2.75, 3.05) is 0 Å². The van der Waals surface area contributed by atoms with Crippen molar-refractivity contribution < 1.29 is 4.79 Å². The van der Waals surface area contributed by atoms with Crippen LogP contribution in [-0.4, -0.2) is 20.7 Å².